The van der Waals surface area contributed by atoms with Crippen molar-refractivity contribution >= 4 is 17.2 Å². The number of anilines is 1. The summed E-state index contributed by atoms with van der Waals surface area (Å²) in [5, 5.41) is 0. The Kier molecular flexibility index (Phi) is 3.62. The van der Waals surface area contributed by atoms with Crippen molar-refractivity contribution in [2.75, 3.05) is 5.73 Å². The molecule has 3 aromatic rings. The Morgan fingerprint density at radius 2 is 2.14 bits per heavy atom. The molecule has 0 radical (unpaired) electrons. The lowest BCUT2D eigenvalue weighted by Gasteiger charge is -2.05. The predicted molar refractivity (Wildman–Crippen MR) is 82.3 cm³/mol. The van der Waals surface area contributed by atoms with Gasteiger partial charge in [-0.25, -0.2) is 9.97 Å². The van der Waals surface area contributed by atoms with E-state index in [2.05, 4.69) is 16.9 Å². The van der Waals surface area contributed by atoms with Crippen LogP contribution in [0.2, 0.25) is 0 Å². The molecule has 0 spiro atoms. The number of rotatable bonds is 4. The van der Waals surface area contributed by atoms with E-state index < -0.39 is 0 Å². The number of aryl methyl sites for hydroxylation is 2. The minimum atomic E-state index is 0.301. The number of oxazole rings is 1. The van der Waals surface area contributed by atoms with E-state index in [-0.39, 0.29) is 0 Å². The second kappa shape index (κ2) is 5.57. The van der Waals surface area contributed by atoms with E-state index in [4.69, 9.17) is 14.9 Å². The van der Waals surface area contributed by atoms with Crippen LogP contribution < -0.4 is 10.5 Å². The summed E-state index contributed by atoms with van der Waals surface area (Å²) < 4.78 is 11.4. The molecule has 5 nitrogen and oxygen atoms in total. The first-order valence-electron chi connectivity index (χ1n) is 6.50. The van der Waals surface area contributed by atoms with Crippen molar-refractivity contribution in [3.05, 3.63) is 46.8 Å². The summed E-state index contributed by atoms with van der Waals surface area (Å²) in [5.41, 5.74) is 6.51. The van der Waals surface area contributed by atoms with Crippen molar-refractivity contribution in [3.8, 4) is 16.5 Å². The molecular weight excluding hydrogens is 286 g/mol. The molecule has 0 bridgehead atoms. The predicted octanol–water partition coefficient (Wildman–Crippen LogP) is 3.58. The molecule has 0 aliphatic heterocycles. The summed E-state index contributed by atoms with van der Waals surface area (Å²) in [5.74, 6) is 2.29. The number of hydrogen-bond donors (Lipinski definition) is 1. The Hall–Kier alpha value is -2.34. The summed E-state index contributed by atoms with van der Waals surface area (Å²) in [6.45, 7) is 4.23. The summed E-state index contributed by atoms with van der Waals surface area (Å²) in [7, 11) is 0. The summed E-state index contributed by atoms with van der Waals surface area (Å²) in [6.07, 6.45) is 1.63. The largest absolute Gasteiger partial charge is 0.483 e. The fourth-order valence-corrected chi connectivity index (χ4v) is 2.68. The van der Waals surface area contributed by atoms with Gasteiger partial charge in [-0.1, -0.05) is 0 Å². The summed E-state index contributed by atoms with van der Waals surface area (Å²) in [6, 6.07) is 7.61. The Bertz CT molecular complexity index is 764. The average Bonchev–Trinajstić information content (AvgIpc) is 3.04. The number of aromatic nitrogens is 2. The van der Waals surface area contributed by atoms with Crippen LogP contribution >= 0.6 is 11.3 Å². The van der Waals surface area contributed by atoms with Crippen LogP contribution in [-0.4, -0.2) is 9.97 Å². The van der Waals surface area contributed by atoms with Crippen molar-refractivity contribution in [1.29, 1.82) is 0 Å². The van der Waals surface area contributed by atoms with Crippen molar-refractivity contribution in [2.45, 2.75) is 20.5 Å². The molecule has 3 rings (SSSR count). The van der Waals surface area contributed by atoms with Crippen LogP contribution in [0.1, 0.15) is 16.3 Å². The second-order valence-electron chi connectivity index (χ2n) is 4.61. The van der Waals surface area contributed by atoms with Crippen molar-refractivity contribution in [1.82, 2.24) is 9.97 Å². The zero-order valence-electron chi connectivity index (χ0n) is 11.8. The third kappa shape index (κ3) is 2.90. The molecule has 3 heterocycles. The quantitative estimate of drug-likeness (QED) is 0.797. The van der Waals surface area contributed by atoms with Gasteiger partial charge >= 0.3 is 0 Å². The minimum absolute atomic E-state index is 0.301. The van der Waals surface area contributed by atoms with Gasteiger partial charge in [-0.3, -0.25) is 0 Å². The third-order valence-corrected chi connectivity index (χ3v) is 4.00. The van der Waals surface area contributed by atoms with Gasteiger partial charge in [0.05, 0.1) is 4.88 Å². The molecule has 0 amide bonds. The van der Waals surface area contributed by atoms with Gasteiger partial charge in [0.25, 0.3) is 0 Å². The number of nitrogen functional groups attached to an aromatic ring is 1. The molecule has 2 N–H and O–H groups in total. The Balaban J connectivity index is 1.78. The number of nitrogens with zero attached hydrogens (tertiary/aromatic N) is 2. The van der Waals surface area contributed by atoms with Gasteiger partial charge in [-0.15, -0.1) is 11.3 Å². The molecule has 3 aromatic heterocycles. The van der Waals surface area contributed by atoms with Crippen LogP contribution in [0.3, 0.4) is 0 Å². The molecule has 0 fully saturated rings. The highest BCUT2D eigenvalue weighted by Gasteiger charge is 2.14. The summed E-state index contributed by atoms with van der Waals surface area (Å²) >= 11 is 1.65. The monoisotopic (exact) mass is 301 g/mol. The maximum absolute atomic E-state index is 5.74. The van der Waals surface area contributed by atoms with Gasteiger partial charge in [-0.2, -0.15) is 0 Å². The highest BCUT2D eigenvalue weighted by Crippen LogP contribution is 2.29. The van der Waals surface area contributed by atoms with Crippen LogP contribution in [0.5, 0.6) is 5.75 Å². The third-order valence-electron chi connectivity index (χ3n) is 3.01. The lowest BCUT2D eigenvalue weighted by molar-refractivity contribution is 0.300. The lowest BCUT2D eigenvalue weighted by atomic mass is 10.4. The highest BCUT2D eigenvalue weighted by molar-refractivity contribution is 7.15. The fraction of sp³-hybridized carbons (Fsp3) is 0.200. The van der Waals surface area contributed by atoms with Crippen LogP contribution in [-0.2, 0) is 6.61 Å². The number of nitrogens with two attached hydrogens (primary N) is 1. The lowest BCUT2D eigenvalue weighted by Crippen LogP contribution is -2.01. The molecule has 0 unspecified atom stereocenters. The van der Waals surface area contributed by atoms with Gasteiger partial charge in [0.1, 0.15) is 18.1 Å². The average molecular weight is 301 g/mol. The van der Waals surface area contributed by atoms with Crippen LogP contribution in [0, 0.1) is 13.8 Å². The smallest absolute Gasteiger partial charge is 0.236 e. The number of thiophene rings is 1. The molecular formula is C15H15N3O2S. The van der Waals surface area contributed by atoms with Gasteiger partial charge in [-0.05, 0) is 38.1 Å². The minimum Gasteiger partial charge on any atom is -0.483 e. The fourth-order valence-electron chi connectivity index (χ4n) is 1.89. The van der Waals surface area contributed by atoms with E-state index in [1.54, 1.807) is 29.7 Å². The molecule has 0 aromatic carbocycles. The van der Waals surface area contributed by atoms with Crippen molar-refractivity contribution < 1.29 is 9.15 Å². The van der Waals surface area contributed by atoms with Gasteiger partial charge in [0, 0.05) is 11.1 Å². The zero-order valence-corrected chi connectivity index (χ0v) is 12.6. The molecule has 108 valence electrons. The Labute approximate surface area is 126 Å². The second-order valence-corrected chi connectivity index (χ2v) is 5.90. The molecule has 6 heteroatoms. The maximum atomic E-state index is 5.74. The molecule has 0 aliphatic carbocycles. The van der Waals surface area contributed by atoms with Crippen molar-refractivity contribution in [3.63, 3.8) is 0 Å². The molecule has 0 atom stereocenters. The van der Waals surface area contributed by atoms with Gasteiger partial charge in [0.15, 0.2) is 11.6 Å². The maximum Gasteiger partial charge on any atom is 0.236 e. The SMILES string of the molecule is Cc1ccc(-c2nc(COc3cccnc3N)c(C)o2)s1. The first kappa shape index (κ1) is 13.6. The first-order chi connectivity index (χ1) is 10.1. The van der Waals surface area contributed by atoms with E-state index in [9.17, 15) is 0 Å². The Morgan fingerprint density at radius 1 is 1.29 bits per heavy atom. The van der Waals surface area contributed by atoms with E-state index in [0.717, 1.165) is 16.3 Å². The van der Waals surface area contributed by atoms with E-state index >= 15 is 0 Å². The summed E-state index contributed by atoms with van der Waals surface area (Å²) in [4.78, 5) is 10.7. The van der Waals surface area contributed by atoms with E-state index in [1.807, 2.05) is 19.1 Å². The van der Waals surface area contributed by atoms with E-state index in [0.29, 0.717) is 24.1 Å². The molecule has 0 saturated heterocycles. The topological polar surface area (TPSA) is 74.2 Å². The van der Waals surface area contributed by atoms with Gasteiger partial charge in [0.2, 0.25) is 5.89 Å². The zero-order chi connectivity index (χ0) is 14.8. The molecule has 21 heavy (non-hydrogen) atoms. The van der Waals surface area contributed by atoms with Crippen molar-refractivity contribution in [2.24, 2.45) is 0 Å². The van der Waals surface area contributed by atoms with E-state index in [1.165, 1.54) is 4.88 Å². The van der Waals surface area contributed by atoms with Crippen LogP contribution in [0.25, 0.3) is 10.8 Å². The molecule has 0 aliphatic rings. The highest BCUT2D eigenvalue weighted by atomic mass is 32.1. The first-order valence-corrected chi connectivity index (χ1v) is 7.31. The standard InChI is InChI=1S/C15H15N3O2S/c1-9-5-6-13(21-9)15-18-11(10(2)20-15)8-19-12-4-3-7-17-14(12)16/h3-7H,8H2,1-2H3,(H2,16,17). The van der Waals surface area contributed by atoms with Crippen LogP contribution in [0.15, 0.2) is 34.9 Å². The Morgan fingerprint density at radius 3 is 2.86 bits per heavy atom. The number of ether oxygens (including phenoxy) is 1. The van der Waals surface area contributed by atoms with Crippen LogP contribution in [0.4, 0.5) is 5.82 Å². The number of hydrogen-bond acceptors (Lipinski definition) is 6. The molecule has 0 saturated carbocycles. The van der Waals surface area contributed by atoms with Gasteiger partial charge < -0.3 is 14.9 Å². The normalized spacial score (nSPS) is 10.8. The number of pyridine rings is 1.